The molecule has 0 unspecified atom stereocenters. The number of hydrogen-bond acceptors (Lipinski definition) is 6. The van der Waals surface area contributed by atoms with E-state index in [1.54, 1.807) is 18.3 Å². The summed E-state index contributed by atoms with van der Waals surface area (Å²) in [6.45, 7) is 3.82. The van der Waals surface area contributed by atoms with Crippen LogP contribution >= 0.6 is 15.9 Å². The van der Waals surface area contributed by atoms with Crippen LogP contribution in [0.25, 0.3) is 21.7 Å². The number of halogens is 1. The highest BCUT2D eigenvalue weighted by atomic mass is 79.9. The molecular weight excluding hydrogens is 498 g/mol. The standard InChI is InChI=1S/C26H24BrN3O4/c1-4-16(2)25-29-22-11-10-18(27)13-20(22)26(32)30(25)28-14-21-19-8-6-5-7-17(19)9-12-23(21)34-15-24(31)33-3/h5-14,16H,4,15H2,1-3H3/t16-/m0/s1. The number of fused-ring (bicyclic) bond motifs is 2. The molecule has 0 radical (unpaired) electrons. The Morgan fingerprint density at radius 3 is 2.74 bits per heavy atom. The van der Waals surface area contributed by atoms with Crippen molar-refractivity contribution in [2.75, 3.05) is 13.7 Å². The first-order valence-electron chi connectivity index (χ1n) is 10.9. The summed E-state index contributed by atoms with van der Waals surface area (Å²) in [5.74, 6) is 0.564. The van der Waals surface area contributed by atoms with Gasteiger partial charge in [-0.1, -0.05) is 60.1 Å². The SMILES string of the molecule is CC[C@H](C)c1nc2ccc(Br)cc2c(=O)n1N=Cc1c(OCC(=O)OC)ccc2ccccc12. The number of rotatable bonds is 7. The van der Waals surface area contributed by atoms with Gasteiger partial charge in [0, 0.05) is 16.0 Å². The molecule has 4 rings (SSSR count). The van der Waals surface area contributed by atoms with Crippen molar-refractivity contribution in [3.8, 4) is 5.75 Å². The Balaban J connectivity index is 1.90. The molecule has 34 heavy (non-hydrogen) atoms. The molecule has 8 heteroatoms. The number of carbonyl (C=O) groups is 1. The first-order valence-corrected chi connectivity index (χ1v) is 11.7. The summed E-state index contributed by atoms with van der Waals surface area (Å²) >= 11 is 3.43. The van der Waals surface area contributed by atoms with Crippen LogP contribution in [0.1, 0.15) is 37.6 Å². The van der Waals surface area contributed by atoms with Crippen LogP contribution < -0.4 is 10.3 Å². The fourth-order valence-corrected chi connectivity index (χ4v) is 3.99. The zero-order valence-corrected chi connectivity index (χ0v) is 20.7. The van der Waals surface area contributed by atoms with Crippen molar-refractivity contribution in [1.82, 2.24) is 9.66 Å². The topological polar surface area (TPSA) is 82.8 Å². The molecule has 7 nitrogen and oxygen atoms in total. The average Bonchev–Trinajstić information content (AvgIpc) is 2.86. The van der Waals surface area contributed by atoms with Gasteiger partial charge in [-0.3, -0.25) is 4.79 Å². The molecule has 0 fully saturated rings. The minimum absolute atomic E-state index is 0.0143. The Morgan fingerprint density at radius 1 is 1.18 bits per heavy atom. The van der Waals surface area contributed by atoms with Gasteiger partial charge < -0.3 is 9.47 Å². The maximum absolute atomic E-state index is 13.4. The van der Waals surface area contributed by atoms with Gasteiger partial charge in [0.1, 0.15) is 11.6 Å². The molecule has 3 aromatic carbocycles. The highest BCUT2D eigenvalue weighted by Gasteiger charge is 2.16. The van der Waals surface area contributed by atoms with E-state index in [0.29, 0.717) is 28.0 Å². The highest BCUT2D eigenvalue weighted by Crippen LogP contribution is 2.27. The van der Waals surface area contributed by atoms with Crippen molar-refractivity contribution in [2.45, 2.75) is 26.2 Å². The van der Waals surface area contributed by atoms with Gasteiger partial charge in [-0.15, -0.1) is 0 Å². The molecule has 0 N–H and O–H groups in total. The Hall–Kier alpha value is -3.52. The van der Waals surface area contributed by atoms with E-state index < -0.39 is 5.97 Å². The first kappa shape index (κ1) is 23.6. The third-order valence-electron chi connectivity index (χ3n) is 5.69. The van der Waals surface area contributed by atoms with Crippen molar-refractivity contribution < 1.29 is 14.3 Å². The maximum atomic E-state index is 13.4. The third kappa shape index (κ3) is 4.72. The van der Waals surface area contributed by atoms with Crippen LogP contribution in [0.2, 0.25) is 0 Å². The van der Waals surface area contributed by atoms with Gasteiger partial charge in [0.2, 0.25) is 0 Å². The lowest BCUT2D eigenvalue weighted by Gasteiger charge is -2.15. The van der Waals surface area contributed by atoms with Gasteiger partial charge in [-0.05, 0) is 41.5 Å². The van der Waals surface area contributed by atoms with Crippen LogP contribution in [0.5, 0.6) is 5.75 Å². The number of nitrogens with zero attached hydrogens (tertiary/aromatic N) is 3. The Labute approximate surface area is 205 Å². The summed E-state index contributed by atoms with van der Waals surface area (Å²) in [6, 6.07) is 16.9. The molecule has 1 atom stereocenters. The number of benzene rings is 3. The third-order valence-corrected chi connectivity index (χ3v) is 6.19. The van der Waals surface area contributed by atoms with E-state index in [9.17, 15) is 9.59 Å². The lowest BCUT2D eigenvalue weighted by atomic mass is 10.0. The van der Waals surface area contributed by atoms with E-state index in [4.69, 9.17) is 14.5 Å². The predicted octanol–water partition coefficient (Wildman–Crippen LogP) is 5.26. The zero-order chi connectivity index (χ0) is 24.2. The van der Waals surface area contributed by atoms with Crippen molar-refractivity contribution >= 4 is 49.8 Å². The van der Waals surface area contributed by atoms with Gasteiger partial charge in [-0.2, -0.15) is 9.78 Å². The molecule has 1 heterocycles. The van der Waals surface area contributed by atoms with Crippen molar-refractivity contribution in [3.05, 3.63) is 80.8 Å². The first-order chi connectivity index (χ1) is 16.4. The number of aromatic nitrogens is 2. The van der Waals surface area contributed by atoms with E-state index in [1.165, 1.54) is 11.8 Å². The molecule has 0 spiro atoms. The van der Waals surface area contributed by atoms with Gasteiger partial charge in [0.25, 0.3) is 5.56 Å². The van der Waals surface area contributed by atoms with Gasteiger partial charge in [0.05, 0.1) is 24.2 Å². The molecule has 1 aromatic heterocycles. The average molecular weight is 522 g/mol. The normalized spacial score (nSPS) is 12.4. The summed E-state index contributed by atoms with van der Waals surface area (Å²) in [5, 5.41) is 6.91. The molecule has 0 aliphatic rings. The fraction of sp³-hybridized carbons (Fsp3) is 0.231. The van der Waals surface area contributed by atoms with Crippen LogP contribution in [0.15, 0.2) is 69.0 Å². The molecule has 0 aliphatic carbocycles. The quantitative estimate of drug-likeness (QED) is 0.244. The monoisotopic (exact) mass is 521 g/mol. The van der Waals surface area contributed by atoms with Gasteiger partial charge in [0.15, 0.2) is 6.61 Å². The lowest BCUT2D eigenvalue weighted by Crippen LogP contribution is -2.23. The van der Waals surface area contributed by atoms with Crippen LogP contribution in [0.3, 0.4) is 0 Å². The second-order valence-corrected chi connectivity index (χ2v) is 8.78. The molecule has 0 saturated carbocycles. The Kier molecular flexibility index (Phi) is 7.07. The molecule has 0 bridgehead atoms. The van der Waals surface area contributed by atoms with E-state index in [0.717, 1.165) is 21.7 Å². The van der Waals surface area contributed by atoms with Crippen LogP contribution in [-0.4, -0.2) is 35.6 Å². The number of ether oxygens (including phenoxy) is 2. The van der Waals surface area contributed by atoms with Crippen LogP contribution in [0, 0.1) is 0 Å². The molecule has 0 amide bonds. The van der Waals surface area contributed by atoms with Crippen molar-refractivity contribution in [1.29, 1.82) is 0 Å². The minimum atomic E-state index is -0.490. The number of methoxy groups -OCH3 is 1. The predicted molar refractivity (Wildman–Crippen MR) is 137 cm³/mol. The van der Waals surface area contributed by atoms with Crippen LogP contribution in [-0.2, 0) is 9.53 Å². The molecule has 0 aliphatic heterocycles. The number of hydrogen-bond donors (Lipinski definition) is 0. The van der Waals surface area contributed by atoms with Gasteiger partial charge >= 0.3 is 5.97 Å². The van der Waals surface area contributed by atoms with Crippen molar-refractivity contribution in [3.63, 3.8) is 0 Å². The minimum Gasteiger partial charge on any atom is -0.481 e. The zero-order valence-electron chi connectivity index (χ0n) is 19.1. The van der Waals surface area contributed by atoms with Crippen molar-refractivity contribution in [2.24, 2.45) is 5.10 Å². The Bertz CT molecular complexity index is 1460. The van der Waals surface area contributed by atoms with E-state index in [-0.39, 0.29) is 18.1 Å². The largest absolute Gasteiger partial charge is 0.481 e. The molecular formula is C26H24BrN3O4. The van der Waals surface area contributed by atoms with Gasteiger partial charge in [-0.25, -0.2) is 9.78 Å². The smallest absolute Gasteiger partial charge is 0.343 e. The number of carbonyl (C=O) groups excluding carboxylic acids is 1. The Morgan fingerprint density at radius 2 is 1.97 bits per heavy atom. The van der Waals surface area contributed by atoms with E-state index in [2.05, 4.69) is 21.0 Å². The summed E-state index contributed by atoms with van der Waals surface area (Å²) < 4.78 is 12.6. The molecule has 4 aromatic rings. The van der Waals surface area contributed by atoms with Crippen LogP contribution in [0.4, 0.5) is 0 Å². The summed E-state index contributed by atoms with van der Waals surface area (Å²) in [6.07, 6.45) is 2.39. The second-order valence-electron chi connectivity index (χ2n) is 7.87. The molecule has 174 valence electrons. The maximum Gasteiger partial charge on any atom is 0.343 e. The van der Waals surface area contributed by atoms with E-state index in [1.807, 2.05) is 56.3 Å². The number of esters is 1. The summed E-state index contributed by atoms with van der Waals surface area (Å²) in [5.41, 5.74) is 1.02. The van der Waals surface area contributed by atoms with E-state index >= 15 is 0 Å². The summed E-state index contributed by atoms with van der Waals surface area (Å²) in [7, 11) is 1.31. The fourth-order valence-electron chi connectivity index (χ4n) is 3.62. The lowest BCUT2D eigenvalue weighted by molar-refractivity contribution is -0.142. The second kappa shape index (κ2) is 10.2. The highest BCUT2D eigenvalue weighted by molar-refractivity contribution is 9.10. The summed E-state index contributed by atoms with van der Waals surface area (Å²) in [4.78, 5) is 29.8. The molecule has 0 saturated heterocycles.